The molecule has 3 rings (SSSR count). The second kappa shape index (κ2) is 4.57. The van der Waals surface area contributed by atoms with E-state index in [0.29, 0.717) is 17.8 Å². The number of nitrogens with zero attached hydrogens (tertiary/aromatic N) is 1. The fraction of sp³-hybridized carbons (Fsp3) is 0.0667. The normalized spacial score (nSPS) is 13.3. The van der Waals surface area contributed by atoms with Crippen molar-refractivity contribution >= 4 is 17.3 Å². The van der Waals surface area contributed by atoms with Gasteiger partial charge in [0.2, 0.25) is 0 Å². The van der Waals surface area contributed by atoms with E-state index in [9.17, 15) is 9.90 Å². The van der Waals surface area contributed by atoms with Crippen LogP contribution >= 0.6 is 0 Å². The Balaban J connectivity index is 1.90. The average Bonchev–Trinajstić information content (AvgIpc) is 2.75. The summed E-state index contributed by atoms with van der Waals surface area (Å²) in [6.07, 6.45) is 2.01. The Bertz CT molecular complexity index is 663. The molecule has 1 aromatic heterocycles. The highest BCUT2D eigenvalue weighted by atomic mass is 16.3. The second-order valence-corrected chi connectivity index (χ2v) is 4.32. The molecule has 0 unspecified atom stereocenters. The fourth-order valence-electron chi connectivity index (χ4n) is 2.21. The van der Waals surface area contributed by atoms with Gasteiger partial charge >= 0.3 is 0 Å². The Labute approximate surface area is 110 Å². The number of hydrogen-bond donors (Lipinski definition) is 2. The number of pyridine rings is 1. The second-order valence-electron chi connectivity index (χ2n) is 4.32. The molecule has 2 N–H and O–H groups in total. The summed E-state index contributed by atoms with van der Waals surface area (Å²) in [5, 5.41) is 12.6. The first-order chi connectivity index (χ1) is 9.25. The predicted molar refractivity (Wildman–Crippen MR) is 72.6 cm³/mol. The monoisotopic (exact) mass is 252 g/mol. The molecule has 4 nitrogen and oxygen atoms in total. The van der Waals surface area contributed by atoms with E-state index >= 15 is 0 Å². The summed E-state index contributed by atoms with van der Waals surface area (Å²) in [4.78, 5) is 16.3. The van der Waals surface area contributed by atoms with E-state index in [-0.39, 0.29) is 11.7 Å². The zero-order valence-corrected chi connectivity index (χ0v) is 10.1. The number of nitrogens with one attached hydrogen (secondary N) is 1. The molecule has 1 aliphatic rings. The van der Waals surface area contributed by atoms with Gasteiger partial charge in [0.25, 0.3) is 5.91 Å². The number of hydrogen-bond acceptors (Lipinski definition) is 3. The average molecular weight is 252 g/mol. The minimum atomic E-state index is -0.332. The van der Waals surface area contributed by atoms with Crippen LogP contribution in [0.5, 0.6) is 0 Å². The molecule has 1 aliphatic carbocycles. The summed E-state index contributed by atoms with van der Waals surface area (Å²) in [7, 11) is 0. The predicted octanol–water partition coefficient (Wildman–Crippen LogP) is 2.55. The van der Waals surface area contributed by atoms with E-state index in [4.69, 9.17) is 0 Å². The number of carbonyl (C=O) groups is 1. The number of aromatic nitrogens is 1. The van der Waals surface area contributed by atoms with Crippen LogP contribution in [0.15, 0.2) is 54.4 Å². The van der Waals surface area contributed by atoms with Gasteiger partial charge in [0.15, 0.2) is 0 Å². The fourth-order valence-corrected chi connectivity index (χ4v) is 2.21. The third-order valence-corrected chi connectivity index (χ3v) is 3.07. The number of benzene rings is 1. The summed E-state index contributed by atoms with van der Waals surface area (Å²) in [6.45, 7) is 0. The smallest absolute Gasteiger partial charge is 0.260 e. The van der Waals surface area contributed by atoms with E-state index in [1.54, 1.807) is 24.4 Å². The molecule has 0 fully saturated rings. The summed E-state index contributed by atoms with van der Waals surface area (Å²) < 4.78 is 0. The lowest BCUT2D eigenvalue weighted by molar-refractivity contribution is -0.111. The largest absolute Gasteiger partial charge is 0.511 e. The van der Waals surface area contributed by atoms with Gasteiger partial charge in [0.1, 0.15) is 11.6 Å². The van der Waals surface area contributed by atoms with Crippen LogP contribution in [-0.2, 0) is 11.2 Å². The number of aliphatic hydroxyl groups excluding tert-OH is 1. The van der Waals surface area contributed by atoms with Gasteiger partial charge in [0.05, 0.1) is 5.57 Å². The molecule has 1 amide bonds. The van der Waals surface area contributed by atoms with Crippen molar-refractivity contribution in [2.75, 3.05) is 5.32 Å². The van der Waals surface area contributed by atoms with Gasteiger partial charge < -0.3 is 10.4 Å². The van der Waals surface area contributed by atoms with Gasteiger partial charge in [-0.3, -0.25) is 4.79 Å². The Morgan fingerprint density at radius 2 is 1.95 bits per heavy atom. The lowest BCUT2D eigenvalue weighted by Gasteiger charge is -2.06. The zero-order chi connectivity index (χ0) is 13.2. The highest BCUT2D eigenvalue weighted by molar-refractivity contribution is 6.26. The van der Waals surface area contributed by atoms with Crippen molar-refractivity contribution < 1.29 is 9.90 Å². The number of fused-ring (bicyclic) bond motifs is 1. The molecule has 0 radical (unpaired) electrons. The van der Waals surface area contributed by atoms with E-state index in [0.717, 1.165) is 11.1 Å². The molecule has 0 atom stereocenters. The van der Waals surface area contributed by atoms with Crippen molar-refractivity contribution in [1.82, 2.24) is 4.98 Å². The van der Waals surface area contributed by atoms with Gasteiger partial charge in [-0.15, -0.1) is 0 Å². The van der Waals surface area contributed by atoms with Crippen LogP contribution in [0.3, 0.4) is 0 Å². The van der Waals surface area contributed by atoms with Gasteiger partial charge in [-0.25, -0.2) is 4.98 Å². The Morgan fingerprint density at radius 3 is 2.74 bits per heavy atom. The van der Waals surface area contributed by atoms with Crippen molar-refractivity contribution in [3.63, 3.8) is 0 Å². The van der Waals surface area contributed by atoms with Crippen molar-refractivity contribution in [3.8, 4) is 0 Å². The maximum Gasteiger partial charge on any atom is 0.260 e. The molecule has 1 aromatic carbocycles. The third kappa shape index (κ3) is 2.08. The molecule has 94 valence electrons. The lowest BCUT2D eigenvalue weighted by atomic mass is 10.1. The van der Waals surface area contributed by atoms with Crippen molar-refractivity contribution in [1.29, 1.82) is 0 Å². The molecular formula is C15H12N2O2. The lowest BCUT2D eigenvalue weighted by Crippen LogP contribution is -2.14. The van der Waals surface area contributed by atoms with E-state index in [2.05, 4.69) is 10.3 Å². The molecule has 1 heterocycles. The van der Waals surface area contributed by atoms with E-state index in [1.807, 2.05) is 24.3 Å². The van der Waals surface area contributed by atoms with E-state index < -0.39 is 0 Å². The van der Waals surface area contributed by atoms with Gasteiger partial charge in [0, 0.05) is 12.6 Å². The summed E-state index contributed by atoms with van der Waals surface area (Å²) in [6, 6.07) is 12.8. The van der Waals surface area contributed by atoms with Gasteiger partial charge in [-0.1, -0.05) is 30.3 Å². The highest BCUT2D eigenvalue weighted by Crippen LogP contribution is 2.31. The van der Waals surface area contributed by atoms with Crippen LogP contribution in [0.25, 0.3) is 5.57 Å². The third-order valence-electron chi connectivity index (χ3n) is 3.07. The van der Waals surface area contributed by atoms with Crippen LogP contribution < -0.4 is 5.32 Å². The molecule has 0 aliphatic heterocycles. The maximum absolute atomic E-state index is 12.2. The topological polar surface area (TPSA) is 62.2 Å². The molecule has 19 heavy (non-hydrogen) atoms. The minimum Gasteiger partial charge on any atom is -0.511 e. The number of amides is 1. The molecule has 0 saturated heterocycles. The first kappa shape index (κ1) is 11.5. The first-order valence-corrected chi connectivity index (χ1v) is 5.98. The number of allylic oxidation sites excluding steroid dienone is 1. The molecule has 0 spiro atoms. The molecule has 4 heteroatoms. The van der Waals surface area contributed by atoms with Crippen LogP contribution in [0, 0.1) is 0 Å². The molecule has 0 bridgehead atoms. The Morgan fingerprint density at radius 1 is 1.16 bits per heavy atom. The standard InChI is InChI=1S/C15H12N2O2/c18-12-9-10-5-1-2-6-11(10)14(12)15(19)17-13-7-3-4-8-16-13/h1-8,18H,9H2,(H,16,17,19). The zero-order valence-electron chi connectivity index (χ0n) is 10.1. The summed E-state index contributed by atoms with van der Waals surface area (Å²) in [5.74, 6) is 0.243. The molecule has 0 saturated carbocycles. The molecule has 2 aromatic rings. The van der Waals surface area contributed by atoms with Crippen molar-refractivity contribution in [3.05, 3.63) is 65.5 Å². The quantitative estimate of drug-likeness (QED) is 0.863. The number of rotatable bonds is 2. The SMILES string of the molecule is O=C(Nc1ccccn1)C1=C(O)Cc2ccccc21. The molecular weight excluding hydrogens is 240 g/mol. The first-order valence-electron chi connectivity index (χ1n) is 5.98. The Hall–Kier alpha value is -2.62. The summed E-state index contributed by atoms with van der Waals surface area (Å²) >= 11 is 0. The number of anilines is 1. The van der Waals surface area contributed by atoms with Crippen LogP contribution in [0.1, 0.15) is 11.1 Å². The number of carbonyl (C=O) groups excluding carboxylic acids is 1. The van der Waals surface area contributed by atoms with Crippen LogP contribution in [0.4, 0.5) is 5.82 Å². The maximum atomic E-state index is 12.2. The van der Waals surface area contributed by atoms with Crippen molar-refractivity contribution in [2.24, 2.45) is 0 Å². The van der Waals surface area contributed by atoms with Crippen molar-refractivity contribution in [2.45, 2.75) is 6.42 Å². The van der Waals surface area contributed by atoms with Gasteiger partial charge in [-0.05, 0) is 23.3 Å². The highest BCUT2D eigenvalue weighted by Gasteiger charge is 2.26. The summed E-state index contributed by atoms with van der Waals surface area (Å²) in [5.41, 5.74) is 2.08. The van der Waals surface area contributed by atoms with Gasteiger partial charge in [-0.2, -0.15) is 0 Å². The minimum absolute atomic E-state index is 0.106. The van der Waals surface area contributed by atoms with E-state index in [1.165, 1.54) is 0 Å². The van der Waals surface area contributed by atoms with Crippen LogP contribution in [-0.4, -0.2) is 16.0 Å². The van der Waals surface area contributed by atoms with Crippen LogP contribution in [0.2, 0.25) is 0 Å². The number of aliphatic hydroxyl groups is 1. The Kier molecular flexibility index (Phi) is 2.76.